The first-order valence-electron chi connectivity index (χ1n) is 10.1. The van der Waals surface area contributed by atoms with Crippen LogP contribution >= 0.6 is 0 Å². The van der Waals surface area contributed by atoms with Crippen LogP contribution in [0.3, 0.4) is 0 Å². The van der Waals surface area contributed by atoms with Gasteiger partial charge in [-0.25, -0.2) is 4.68 Å². The molecule has 1 saturated heterocycles. The fourth-order valence-corrected chi connectivity index (χ4v) is 3.86. The molecule has 0 spiro atoms. The predicted octanol–water partition coefficient (Wildman–Crippen LogP) is 2.37. The number of aromatic nitrogens is 2. The molecule has 0 bridgehead atoms. The lowest BCUT2D eigenvalue weighted by Crippen LogP contribution is -3.11. The van der Waals surface area contributed by atoms with Crippen molar-refractivity contribution in [2.75, 3.05) is 13.1 Å². The van der Waals surface area contributed by atoms with Crippen LogP contribution in [0.15, 0.2) is 67.0 Å². The van der Waals surface area contributed by atoms with Gasteiger partial charge in [0.1, 0.15) is 6.54 Å². The van der Waals surface area contributed by atoms with Crippen LogP contribution in [0.1, 0.15) is 40.7 Å². The second kappa shape index (κ2) is 8.85. The first-order valence-corrected chi connectivity index (χ1v) is 10.1. The summed E-state index contributed by atoms with van der Waals surface area (Å²) in [5.74, 6) is -0.0489. The largest absolute Gasteiger partial charge is 0.348 e. The van der Waals surface area contributed by atoms with E-state index in [4.69, 9.17) is 0 Å². The minimum atomic E-state index is -0.0489. The average Bonchev–Trinajstić information content (AvgIpc) is 3.29. The van der Waals surface area contributed by atoms with Crippen molar-refractivity contribution in [2.24, 2.45) is 0 Å². The first kappa shape index (κ1) is 18.4. The minimum Gasteiger partial charge on any atom is -0.348 e. The van der Waals surface area contributed by atoms with Crippen LogP contribution in [0.4, 0.5) is 0 Å². The molecule has 2 aromatic carbocycles. The zero-order valence-corrected chi connectivity index (χ0v) is 16.1. The Kier molecular flexibility index (Phi) is 5.83. The third-order valence-corrected chi connectivity index (χ3v) is 5.46. The lowest BCUT2D eigenvalue weighted by molar-refractivity contribution is -0.918. The number of carbonyl (C=O) groups is 1. The molecule has 1 aliphatic rings. The molecular formula is C23H27N4O+. The fraction of sp³-hybridized carbons (Fsp3) is 0.304. The summed E-state index contributed by atoms with van der Waals surface area (Å²) in [6.45, 7) is 4.11. The molecule has 1 aliphatic heterocycles. The number of benzene rings is 2. The van der Waals surface area contributed by atoms with Crippen molar-refractivity contribution >= 4 is 5.91 Å². The van der Waals surface area contributed by atoms with Crippen LogP contribution in [-0.2, 0) is 13.1 Å². The van der Waals surface area contributed by atoms with Gasteiger partial charge in [0.25, 0.3) is 5.91 Å². The molecule has 2 N–H and O–H groups in total. The standard InChI is InChI=1S/C23H26N4O/c28-23(19-9-11-22(12-10-19)27-16-6-13-25-27)24-17-20-7-2-3-8-21(20)18-26-14-4-1-5-15-26/h2-3,6-13,16H,1,4-5,14-15,17-18H2,(H,24,28)/p+1. The van der Waals surface area contributed by atoms with Gasteiger partial charge in [-0.15, -0.1) is 0 Å². The Labute approximate surface area is 166 Å². The van der Waals surface area contributed by atoms with Crippen LogP contribution in [0.5, 0.6) is 0 Å². The van der Waals surface area contributed by atoms with Crippen LogP contribution in [-0.4, -0.2) is 28.8 Å². The summed E-state index contributed by atoms with van der Waals surface area (Å²) in [5, 5.41) is 7.29. The second-order valence-electron chi connectivity index (χ2n) is 7.44. The number of likely N-dealkylation sites (tertiary alicyclic amines) is 1. The smallest absolute Gasteiger partial charge is 0.251 e. The number of rotatable bonds is 6. The van der Waals surface area contributed by atoms with Crippen molar-refractivity contribution in [3.8, 4) is 5.69 Å². The summed E-state index contributed by atoms with van der Waals surface area (Å²) in [5.41, 5.74) is 4.15. The van der Waals surface area contributed by atoms with Gasteiger partial charge in [0.15, 0.2) is 0 Å². The maximum atomic E-state index is 12.6. The molecule has 1 aromatic heterocycles. The summed E-state index contributed by atoms with van der Waals surface area (Å²) in [4.78, 5) is 14.2. The van der Waals surface area contributed by atoms with E-state index in [0.29, 0.717) is 12.1 Å². The first-order chi connectivity index (χ1) is 13.8. The zero-order valence-electron chi connectivity index (χ0n) is 16.1. The van der Waals surface area contributed by atoms with Gasteiger partial charge in [-0.05, 0) is 55.2 Å². The maximum absolute atomic E-state index is 12.6. The molecule has 0 radical (unpaired) electrons. The summed E-state index contributed by atoms with van der Waals surface area (Å²) in [6.07, 6.45) is 7.63. The van der Waals surface area contributed by atoms with Crippen molar-refractivity contribution in [2.45, 2.75) is 32.4 Å². The topological polar surface area (TPSA) is 51.4 Å². The zero-order chi connectivity index (χ0) is 19.2. The molecule has 5 nitrogen and oxygen atoms in total. The molecule has 4 rings (SSSR count). The van der Waals surface area contributed by atoms with Crippen molar-refractivity contribution in [1.29, 1.82) is 0 Å². The van der Waals surface area contributed by atoms with Crippen LogP contribution < -0.4 is 10.2 Å². The molecule has 144 valence electrons. The number of nitrogens with one attached hydrogen (secondary N) is 2. The monoisotopic (exact) mass is 375 g/mol. The summed E-state index contributed by atoms with van der Waals surface area (Å²) < 4.78 is 1.78. The molecule has 5 heteroatoms. The van der Waals surface area contributed by atoms with Gasteiger partial charge in [0.05, 0.1) is 18.8 Å². The molecule has 0 atom stereocenters. The Morgan fingerprint density at radius 3 is 2.43 bits per heavy atom. The van der Waals surface area contributed by atoms with Gasteiger partial charge in [-0.2, -0.15) is 5.10 Å². The number of hydrogen-bond acceptors (Lipinski definition) is 2. The molecule has 2 heterocycles. The highest BCUT2D eigenvalue weighted by Gasteiger charge is 2.16. The van der Waals surface area contributed by atoms with E-state index in [-0.39, 0.29) is 5.91 Å². The van der Waals surface area contributed by atoms with Crippen molar-refractivity contribution in [3.05, 3.63) is 83.7 Å². The lowest BCUT2D eigenvalue weighted by atomic mass is 10.0. The molecule has 0 unspecified atom stereocenters. The summed E-state index contributed by atoms with van der Waals surface area (Å²) >= 11 is 0. The van der Waals surface area contributed by atoms with E-state index in [2.05, 4.69) is 34.7 Å². The van der Waals surface area contributed by atoms with E-state index in [1.54, 1.807) is 15.8 Å². The molecule has 1 fully saturated rings. The molecule has 28 heavy (non-hydrogen) atoms. The predicted molar refractivity (Wildman–Crippen MR) is 109 cm³/mol. The lowest BCUT2D eigenvalue weighted by Gasteiger charge is -2.24. The van der Waals surface area contributed by atoms with Gasteiger partial charge in [0, 0.05) is 30.1 Å². The minimum absolute atomic E-state index is 0.0489. The maximum Gasteiger partial charge on any atom is 0.251 e. The number of amides is 1. The SMILES string of the molecule is O=C(NCc1ccccc1C[NH+]1CCCCC1)c1ccc(-n2cccn2)cc1. The van der Waals surface area contributed by atoms with Gasteiger partial charge in [-0.3, -0.25) is 4.79 Å². The number of piperidine rings is 1. The van der Waals surface area contributed by atoms with Crippen molar-refractivity contribution < 1.29 is 9.69 Å². The molecule has 0 saturated carbocycles. The van der Waals surface area contributed by atoms with E-state index in [1.165, 1.54) is 43.5 Å². The molecular weight excluding hydrogens is 348 g/mol. The Hall–Kier alpha value is -2.92. The van der Waals surface area contributed by atoms with Crippen LogP contribution in [0.25, 0.3) is 5.69 Å². The fourth-order valence-electron chi connectivity index (χ4n) is 3.86. The van der Waals surface area contributed by atoms with Gasteiger partial charge >= 0.3 is 0 Å². The Balaban J connectivity index is 1.38. The number of hydrogen-bond donors (Lipinski definition) is 2. The number of quaternary nitrogens is 1. The Bertz CT molecular complexity index is 897. The Morgan fingerprint density at radius 1 is 0.964 bits per heavy atom. The van der Waals surface area contributed by atoms with Crippen molar-refractivity contribution in [1.82, 2.24) is 15.1 Å². The van der Waals surface area contributed by atoms with E-state index in [0.717, 1.165) is 12.2 Å². The molecule has 1 amide bonds. The normalized spacial score (nSPS) is 14.7. The van der Waals surface area contributed by atoms with Crippen LogP contribution in [0.2, 0.25) is 0 Å². The molecule has 3 aromatic rings. The number of carbonyl (C=O) groups excluding carboxylic acids is 1. The van der Waals surface area contributed by atoms with E-state index in [1.807, 2.05) is 36.5 Å². The average molecular weight is 375 g/mol. The van der Waals surface area contributed by atoms with Crippen molar-refractivity contribution in [3.63, 3.8) is 0 Å². The second-order valence-corrected chi connectivity index (χ2v) is 7.44. The van der Waals surface area contributed by atoms with Gasteiger partial charge in [-0.1, -0.05) is 24.3 Å². The van der Waals surface area contributed by atoms with E-state index in [9.17, 15) is 4.79 Å². The molecule has 0 aliphatic carbocycles. The van der Waals surface area contributed by atoms with Crippen LogP contribution in [0, 0.1) is 0 Å². The number of nitrogens with zero attached hydrogens (tertiary/aromatic N) is 2. The van der Waals surface area contributed by atoms with Gasteiger partial charge < -0.3 is 10.2 Å². The van der Waals surface area contributed by atoms with E-state index < -0.39 is 0 Å². The summed E-state index contributed by atoms with van der Waals surface area (Å²) in [6, 6.07) is 17.9. The highest BCUT2D eigenvalue weighted by atomic mass is 16.1. The summed E-state index contributed by atoms with van der Waals surface area (Å²) in [7, 11) is 0. The highest BCUT2D eigenvalue weighted by Crippen LogP contribution is 2.11. The third-order valence-electron chi connectivity index (χ3n) is 5.46. The highest BCUT2D eigenvalue weighted by molar-refractivity contribution is 5.94. The third kappa shape index (κ3) is 4.49. The quantitative estimate of drug-likeness (QED) is 0.695. The van der Waals surface area contributed by atoms with E-state index >= 15 is 0 Å². The Morgan fingerprint density at radius 2 is 1.71 bits per heavy atom. The van der Waals surface area contributed by atoms with Gasteiger partial charge in [0.2, 0.25) is 0 Å².